The number of amides is 2. The Hall–Kier alpha value is -2.80. The van der Waals surface area contributed by atoms with Gasteiger partial charge in [-0.3, -0.25) is 9.59 Å². The third-order valence-corrected chi connectivity index (χ3v) is 3.36. The van der Waals surface area contributed by atoms with Crippen molar-refractivity contribution in [1.82, 2.24) is 15.2 Å². The van der Waals surface area contributed by atoms with Gasteiger partial charge in [0, 0.05) is 12.2 Å². The number of nitrogens with one attached hydrogen (secondary N) is 2. The Labute approximate surface area is 146 Å². The summed E-state index contributed by atoms with van der Waals surface area (Å²) in [5.41, 5.74) is 0.576. The highest BCUT2D eigenvalue weighted by Crippen LogP contribution is 2.11. The van der Waals surface area contributed by atoms with E-state index in [2.05, 4.69) is 15.6 Å². The predicted octanol–water partition coefficient (Wildman–Crippen LogP) is 2.15. The quantitative estimate of drug-likeness (QED) is 0.755. The van der Waals surface area contributed by atoms with Gasteiger partial charge in [-0.15, -0.1) is 0 Å². The van der Waals surface area contributed by atoms with Crippen LogP contribution in [0.15, 0.2) is 42.5 Å². The van der Waals surface area contributed by atoms with Crippen molar-refractivity contribution in [2.75, 3.05) is 32.5 Å². The van der Waals surface area contributed by atoms with Crippen molar-refractivity contribution in [3.8, 4) is 0 Å². The molecule has 25 heavy (non-hydrogen) atoms. The molecule has 0 saturated heterocycles. The third kappa shape index (κ3) is 5.96. The van der Waals surface area contributed by atoms with Gasteiger partial charge in [-0.1, -0.05) is 12.1 Å². The normalized spacial score (nSPS) is 10.6. The molecule has 132 valence electrons. The molecule has 7 heteroatoms. The Bertz CT molecular complexity index is 749. The smallest absolute Gasteiger partial charge is 0.274 e. The molecule has 2 aromatic rings. The zero-order valence-corrected chi connectivity index (χ0v) is 14.3. The molecule has 1 heterocycles. The maximum Gasteiger partial charge on any atom is 0.274 e. The van der Waals surface area contributed by atoms with E-state index in [1.54, 1.807) is 18.2 Å². The minimum Gasteiger partial charge on any atom is -0.351 e. The molecule has 0 radical (unpaired) electrons. The average molecular weight is 344 g/mol. The molecule has 0 aliphatic rings. The lowest BCUT2D eigenvalue weighted by Crippen LogP contribution is -2.28. The number of carbonyl (C=O) groups excluding carboxylic acids is 2. The van der Waals surface area contributed by atoms with Crippen LogP contribution in [0.2, 0.25) is 0 Å². The highest BCUT2D eigenvalue weighted by Gasteiger charge is 2.12. The van der Waals surface area contributed by atoms with Gasteiger partial charge in [0.1, 0.15) is 17.2 Å². The van der Waals surface area contributed by atoms with Crippen LogP contribution in [0.25, 0.3) is 0 Å². The fourth-order valence-corrected chi connectivity index (χ4v) is 2.14. The molecule has 2 rings (SSSR count). The van der Waals surface area contributed by atoms with Crippen LogP contribution < -0.4 is 10.6 Å². The summed E-state index contributed by atoms with van der Waals surface area (Å²) in [6, 6.07) is 10.2. The summed E-state index contributed by atoms with van der Waals surface area (Å²) in [5, 5.41) is 5.32. The van der Waals surface area contributed by atoms with Crippen LogP contribution in [-0.4, -0.2) is 48.9 Å². The molecule has 0 bridgehead atoms. The predicted molar refractivity (Wildman–Crippen MR) is 94.1 cm³/mol. The van der Waals surface area contributed by atoms with Gasteiger partial charge < -0.3 is 15.5 Å². The van der Waals surface area contributed by atoms with Crippen molar-refractivity contribution in [2.24, 2.45) is 0 Å². The molecular weight excluding hydrogens is 323 g/mol. The van der Waals surface area contributed by atoms with Crippen LogP contribution in [0.5, 0.6) is 0 Å². The fourth-order valence-electron chi connectivity index (χ4n) is 2.14. The van der Waals surface area contributed by atoms with Crippen LogP contribution in [-0.2, 0) is 0 Å². The zero-order valence-electron chi connectivity index (χ0n) is 14.3. The van der Waals surface area contributed by atoms with E-state index in [4.69, 9.17) is 0 Å². The van der Waals surface area contributed by atoms with Crippen molar-refractivity contribution in [1.29, 1.82) is 0 Å². The molecule has 2 amide bonds. The molecular formula is C18H21FN4O2. The number of hydrogen-bond donors (Lipinski definition) is 2. The molecule has 6 nitrogen and oxygen atoms in total. The van der Waals surface area contributed by atoms with Crippen molar-refractivity contribution in [3.63, 3.8) is 0 Å². The molecule has 1 aromatic carbocycles. The number of hydrogen-bond acceptors (Lipinski definition) is 4. The van der Waals surface area contributed by atoms with E-state index in [1.165, 1.54) is 24.3 Å². The minimum atomic E-state index is -0.507. The Kier molecular flexibility index (Phi) is 6.59. The van der Waals surface area contributed by atoms with Gasteiger partial charge in [-0.25, -0.2) is 9.37 Å². The Balaban J connectivity index is 1.97. The first-order valence-corrected chi connectivity index (χ1v) is 7.92. The van der Waals surface area contributed by atoms with E-state index in [0.717, 1.165) is 13.0 Å². The minimum absolute atomic E-state index is 0.0882. The summed E-state index contributed by atoms with van der Waals surface area (Å²) >= 11 is 0. The lowest BCUT2D eigenvalue weighted by molar-refractivity contribution is 0.0947. The second-order valence-corrected chi connectivity index (χ2v) is 5.79. The zero-order chi connectivity index (χ0) is 18.2. The summed E-state index contributed by atoms with van der Waals surface area (Å²) < 4.78 is 13.2. The van der Waals surface area contributed by atoms with Gasteiger partial charge in [0.25, 0.3) is 11.8 Å². The van der Waals surface area contributed by atoms with Crippen molar-refractivity contribution < 1.29 is 14.0 Å². The Morgan fingerprint density at radius 1 is 1.08 bits per heavy atom. The van der Waals surface area contributed by atoms with Crippen LogP contribution in [0.4, 0.5) is 10.1 Å². The molecule has 0 fully saturated rings. The molecule has 0 aliphatic carbocycles. The van der Waals surface area contributed by atoms with Gasteiger partial charge in [-0.05, 0) is 57.4 Å². The maximum absolute atomic E-state index is 13.2. The second-order valence-electron chi connectivity index (χ2n) is 5.79. The van der Waals surface area contributed by atoms with Crippen LogP contribution in [0.3, 0.4) is 0 Å². The molecule has 2 N–H and O–H groups in total. The summed E-state index contributed by atoms with van der Waals surface area (Å²) in [6.45, 7) is 1.39. The van der Waals surface area contributed by atoms with E-state index in [0.29, 0.717) is 12.2 Å². The SMILES string of the molecule is CN(C)CCCNC(=O)c1cccc(C(=O)Nc2cccc(F)c2)n1. The lowest BCUT2D eigenvalue weighted by Gasteiger charge is -2.10. The third-order valence-electron chi connectivity index (χ3n) is 3.36. The molecule has 0 unspecified atom stereocenters. The van der Waals surface area contributed by atoms with Gasteiger partial charge in [0.15, 0.2) is 0 Å². The average Bonchev–Trinajstić information content (AvgIpc) is 2.58. The Morgan fingerprint density at radius 2 is 1.76 bits per heavy atom. The number of anilines is 1. The maximum atomic E-state index is 13.2. The van der Waals surface area contributed by atoms with E-state index < -0.39 is 11.7 Å². The first-order chi connectivity index (χ1) is 12.0. The molecule has 1 aromatic heterocycles. The Morgan fingerprint density at radius 3 is 2.44 bits per heavy atom. The lowest BCUT2D eigenvalue weighted by atomic mass is 10.2. The van der Waals surface area contributed by atoms with Gasteiger partial charge in [-0.2, -0.15) is 0 Å². The number of aromatic nitrogens is 1. The number of nitrogens with zero attached hydrogens (tertiary/aromatic N) is 2. The highest BCUT2D eigenvalue weighted by atomic mass is 19.1. The van der Waals surface area contributed by atoms with Crippen molar-refractivity contribution >= 4 is 17.5 Å². The summed E-state index contributed by atoms with van der Waals surface area (Å²) in [5.74, 6) is -1.29. The van der Waals surface area contributed by atoms with Crippen molar-refractivity contribution in [3.05, 3.63) is 59.7 Å². The van der Waals surface area contributed by atoms with Crippen LogP contribution >= 0.6 is 0 Å². The van der Waals surface area contributed by atoms with Gasteiger partial charge in [0.2, 0.25) is 0 Å². The van der Waals surface area contributed by atoms with Gasteiger partial charge >= 0.3 is 0 Å². The van der Waals surface area contributed by atoms with Crippen LogP contribution in [0, 0.1) is 5.82 Å². The highest BCUT2D eigenvalue weighted by molar-refractivity contribution is 6.03. The first-order valence-electron chi connectivity index (χ1n) is 7.92. The fraction of sp³-hybridized carbons (Fsp3) is 0.278. The molecule has 0 saturated carbocycles. The standard InChI is InChI=1S/C18H21FN4O2/c1-23(2)11-5-10-20-17(24)15-8-4-9-16(22-15)18(25)21-14-7-3-6-13(19)12-14/h3-4,6-9,12H,5,10-11H2,1-2H3,(H,20,24)(H,21,25). The summed E-state index contributed by atoms with van der Waals surface area (Å²) in [7, 11) is 3.92. The first kappa shape index (κ1) is 18.5. The van der Waals surface area contributed by atoms with E-state index in [1.807, 2.05) is 19.0 Å². The topological polar surface area (TPSA) is 74.3 Å². The van der Waals surface area contributed by atoms with E-state index in [9.17, 15) is 14.0 Å². The largest absolute Gasteiger partial charge is 0.351 e. The van der Waals surface area contributed by atoms with Crippen molar-refractivity contribution in [2.45, 2.75) is 6.42 Å². The monoisotopic (exact) mass is 344 g/mol. The number of carbonyl (C=O) groups is 2. The van der Waals surface area contributed by atoms with E-state index in [-0.39, 0.29) is 17.3 Å². The number of rotatable bonds is 7. The summed E-state index contributed by atoms with van der Waals surface area (Å²) in [4.78, 5) is 30.4. The number of benzene rings is 1. The molecule has 0 atom stereocenters. The second kappa shape index (κ2) is 8.89. The van der Waals surface area contributed by atoms with Crippen LogP contribution in [0.1, 0.15) is 27.4 Å². The molecule has 0 spiro atoms. The van der Waals surface area contributed by atoms with Gasteiger partial charge in [0.05, 0.1) is 0 Å². The van der Waals surface area contributed by atoms with E-state index >= 15 is 0 Å². The number of halogens is 1. The summed E-state index contributed by atoms with van der Waals surface area (Å²) in [6.07, 6.45) is 0.818. The number of pyridine rings is 1. The molecule has 0 aliphatic heterocycles.